The van der Waals surface area contributed by atoms with Gasteiger partial charge in [0.05, 0.1) is 12.2 Å². The smallest absolute Gasteiger partial charge is 0.338 e. The maximum Gasteiger partial charge on any atom is 0.338 e. The molecule has 1 aliphatic heterocycles. The summed E-state index contributed by atoms with van der Waals surface area (Å²) in [6.07, 6.45) is 3.68. The van der Waals surface area contributed by atoms with Crippen molar-refractivity contribution < 1.29 is 38.0 Å². The van der Waals surface area contributed by atoms with Crippen molar-refractivity contribution >= 4 is 5.97 Å². The van der Waals surface area contributed by atoms with Gasteiger partial charge < -0.3 is 33.2 Å². The third kappa shape index (κ3) is 11.5. The van der Waals surface area contributed by atoms with Gasteiger partial charge in [-0.25, -0.2) is 4.79 Å². The van der Waals surface area contributed by atoms with Gasteiger partial charge in [0.15, 0.2) is 12.4 Å². The molecule has 0 bridgehead atoms. The summed E-state index contributed by atoms with van der Waals surface area (Å²) in [7, 11) is 1.55. The minimum Gasteiger partial charge on any atom is -0.450 e. The second-order valence-corrected chi connectivity index (χ2v) is 10.0. The number of benzene rings is 1. The maximum atomic E-state index is 13.3. The first-order valence-electron chi connectivity index (χ1n) is 15.0. The SMILES string of the molecule is CCCCOC[C@H]1O[C@@H](OC)[C@H](OC(=O)c2ccccc2)[C@H](OCCCC)[C@@H](OCCCC)[C@@H]1OCCCC. The van der Waals surface area contributed by atoms with Gasteiger partial charge in [-0.2, -0.15) is 0 Å². The minimum absolute atomic E-state index is 0.311. The van der Waals surface area contributed by atoms with E-state index in [0.717, 1.165) is 51.4 Å². The molecule has 1 aliphatic rings. The van der Waals surface area contributed by atoms with Crippen molar-refractivity contribution in [3.8, 4) is 0 Å². The van der Waals surface area contributed by atoms with Crippen molar-refractivity contribution in [2.75, 3.05) is 40.1 Å². The topological polar surface area (TPSA) is 81.7 Å². The highest BCUT2D eigenvalue weighted by Gasteiger charge is 2.51. The fourth-order valence-electron chi connectivity index (χ4n) is 4.40. The molecule has 1 saturated heterocycles. The van der Waals surface area contributed by atoms with Gasteiger partial charge >= 0.3 is 5.97 Å². The number of carbonyl (C=O) groups is 1. The first kappa shape index (κ1) is 33.7. The van der Waals surface area contributed by atoms with E-state index in [9.17, 15) is 4.79 Å². The molecule has 8 heteroatoms. The van der Waals surface area contributed by atoms with Gasteiger partial charge in [-0.3, -0.25) is 0 Å². The van der Waals surface area contributed by atoms with Crippen LogP contribution in [0.5, 0.6) is 0 Å². The van der Waals surface area contributed by atoms with Crippen LogP contribution in [-0.4, -0.2) is 82.9 Å². The third-order valence-corrected chi connectivity index (χ3v) is 6.75. The predicted octanol–water partition coefficient (Wildman–Crippen LogP) is 5.96. The molecule has 1 aromatic carbocycles. The Labute approximate surface area is 236 Å². The number of unbranched alkanes of at least 4 members (excludes halogenated alkanes) is 4. The predicted molar refractivity (Wildman–Crippen MR) is 151 cm³/mol. The third-order valence-electron chi connectivity index (χ3n) is 6.75. The van der Waals surface area contributed by atoms with Crippen LogP contribution in [0.15, 0.2) is 30.3 Å². The van der Waals surface area contributed by atoms with E-state index in [1.54, 1.807) is 31.4 Å². The summed E-state index contributed by atoms with van der Waals surface area (Å²) in [5.74, 6) is -0.469. The number of hydrogen-bond donors (Lipinski definition) is 0. The van der Waals surface area contributed by atoms with E-state index in [1.807, 2.05) is 6.07 Å². The number of esters is 1. The minimum atomic E-state index is -0.888. The Morgan fingerprint density at radius 3 is 1.77 bits per heavy atom. The lowest BCUT2D eigenvalue weighted by molar-refractivity contribution is -0.229. The second-order valence-electron chi connectivity index (χ2n) is 10.0. The number of rotatable bonds is 20. The van der Waals surface area contributed by atoms with Crippen molar-refractivity contribution in [3.63, 3.8) is 0 Å². The summed E-state index contributed by atoms with van der Waals surface area (Å²) in [6, 6.07) is 8.93. The van der Waals surface area contributed by atoms with E-state index < -0.39 is 42.8 Å². The van der Waals surface area contributed by atoms with Crippen LogP contribution in [0.25, 0.3) is 0 Å². The van der Waals surface area contributed by atoms with Crippen LogP contribution >= 0.6 is 0 Å². The van der Waals surface area contributed by atoms with Gasteiger partial charge in [0.1, 0.15) is 24.4 Å². The Balaban J connectivity index is 2.47. The van der Waals surface area contributed by atoms with Crippen LogP contribution in [0.1, 0.15) is 89.4 Å². The Kier molecular flexibility index (Phi) is 17.6. The van der Waals surface area contributed by atoms with Gasteiger partial charge in [0.25, 0.3) is 0 Å². The van der Waals surface area contributed by atoms with Crippen LogP contribution in [-0.2, 0) is 33.2 Å². The molecule has 1 fully saturated rings. The average molecular weight is 553 g/mol. The second kappa shape index (κ2) is 20.3. The van der Waals surface area contributed by atoms with Gasteiger partial charge in [0, 0.05) is 33.5 Å². The van der Waals surface area contributed by atoms with Crippen LogP contribution in [0.2, 0.25) is 0 Å². The number of ether oxygens (including phenoxy) is 7. The Morgan fingerprint density at radius 2 is 1.23 bits per heavy atom. The largest absolute Gasteiger partial charge is 0.450 e. The quantitative estimate of drug-likeness (QED) is 0.145. The molecule has 0 radical (unpaired) electrons. The molecule has 6 atom stereocenters. The number of methoxy groups -OCH3 is 1. The van der Waals surface area contributed by atoms with Crippen molar-refractivity contribution in [1.82, 2.24) is 0 Å². The maximum absolute atomic E-state index is 13.3. The Hall–Kier alpha value is -1.55. The molecule has 1 aromatic rings. The summed E-state index contributed by atoms with van der Waals surface area (Å²) < 4.78 is 43.9. The normalized spacial score (nSPS) is 25.4. The van der Waals surface area contributed by atoms with Gasteiger partial charge in [-0.15, -0.1) is 0 Å². The molecule has 224 valence electrons. The first-order chi connectivity index (χ1) is 19.1. The molecule has 0 amide bonds. The summed E-state index contributed by atoms with van der Waals surface area (Å²) in [5, 5.41) is 0. The standard InChI is InChI=1S/C31H52O8/c1-6-10-19-34-23-25-26(35-20-11-7-2)27(36-21-12-8-3)28(37-22-13-9-4)29(31(33-5)38-25)39-30(32)24-17-15-14-16-18-24/h14-18,25-29,31H,6-13,19-23H2,1-5H3/t25-,26-,27+,28-,29-,31-/m1/s1. The van der Waals surface area contributed by atoms with Crippen LogP contribution in [0.3, 0.4) is 0 Å². The fourth-order valence-corrected chi connectivity index (χ4v) is 4.40. The highest BCUT2D eigenvalue weighted by molar-refractivity contribution is 5.89. The van der Waals surface area contributed by atoms with E-state index in [0.29, 0.717) is 38.6 Å². The summed E-state index contributed by atoms with van der Waals surface area (Å²) in [6.45, 7) is 11.0. The Morgan fingerprint density at radius 1 is 0.718 bits per heavy atom. The number of carbonyl (C=O) groups excluding carboxylic acids is 1. The molecule has 0 saturated carbocycles. The average Bonchev–Trinajstić information content (AvgIpc) is 3.06. The van der Waals surface area contributed by atoms with Crippen molar-refractivity contribution in [2.45, 2.75) is 116 Å². The molecule has 0 N–H and O–H groups in total. The molecular weight excluding hydrogens is 500 g/mol. The highest BCUT2D eigenvalue weighted by Crippen LogP contribution is 2.31. The monoisotopic (exact) mass is 552 g/mol. The van der Waals surface area contributed by atoms with Crippen molar-refractivity contribution in [3.05, 3.63) is 35.9 Å². The zero-order valence-electron chi connectivity index (χ0n) is 24.8. The first-order valence-corrected chi connectivity index (χ1v) is 15.0. The van der Waals surface area contributed by atoms with E-state index in [2.05, 4.69) is 27.7 Å². The molecule has 0 aliphatic carbocycles. The van der Waals surface area contributed by atoms with E-state index in [1.165, 1.54) is 0 Å². The van der Waals surface area contributed by atoms with Crippen LogP contribution in [0, 0.1) is 0 Å². The van der Waals surface area contributed by atoms with Crippen LogP contribution < -0.4 is 0 Å². The summed E-state index contributed by atoms with van der Waals surface area (Å²) in [4.78, 5) is 13.3. The zero-order valence-corrected chi connectivity index (χ0v) is 24.8. The lowest BCUT2D eigenvalue weighted by Crippen LogP contribution is -2.53. The summed E-state index contributed by atoms with van der Waals surface area (Å²) in [5.41, 5.74) is 0.447. The highest BCUT2D eigenvalue weighted by atomic mass is 16.7. The molecule has 0 aromatic heterocycles. The lowest BCUT2D eigenvalue weighted by Gasteiger charge is -2.36. The lowest BCUT2D eigenvalue weighted by atomic mass is 9.99. The van der Waals surface area contributed by atoms with E-state index in [-0.39, 0.29) is 0 Å². The zero-order chi connectivity index (χ0) is 28.3. The van der Waals surface area contributed by atoms with Crippen molar-refractivity contribution in [2.24, 2.45) is 0 Å². The van der Waals surface area contributed by atoms with Crippen molar-refractivity contribution in [1.29, 1.82) is 0 Å². The molecule has 0 spiro atoms. The van der Waals surface area contributed by atoms with Gasteiger partial charge in [0.2, 0.25) is 0 Å². The van der Waals surface area contributed by atoms with E-state index in [4.69, 9.17) is 33.2 Å². The molecule has 8 nitrogen and oxygen atoms in total. The van der Waals surface area contributed by atoms with E-state index >= 15 is 0 Å². The number of hydrogen-bond acceptors (Lipinski definition) is 8. The molecule has 2 rings (SSSR count). The molecule has 39 heavy (non-hydrogen) atoms. The molecule has 0 unspecified atom stereocenters. The van der Waals surface area contributed by atoms with Gasteiger partial charge in [-0.1, -0.05) is 71.6 Å². The molecular formula is C31H52O8. The fraction of sp³-hybridized carbons (Fsp3) is 0.774. The van der Waals surface area contributed by atoms with Crippen LogP contribution in [0.4, 0.5) is 0 Å². The summed E-state index contributed by atoms with van der Waals surface area (Å²) >= 11 is 0. The Bertz CT molecular complexity index is 745. The van der Waals surface area contributed by atoms with Gasteiger partial charge in [-0.05, 0) is 37.8 Å². The molecule has 1 heterocycles.